The molecule has 3 rings (SSSR count). The van der Waals surface area contributed by atoms with Crippen LogP contribution in [0.1, 0.15) is 34.5 Å². The number of carbonyl (C=O) groups is 1. The molecule has 1 amide bonds. The molecule has 7 heteroatoms. The van der Waals surface area contributed by atoms with Crippen molar-refractivity contribution in [2.45, 2.75) is 19.5 Å². The second-order valence-electron chi connectivity index (χ2n) is 5.46. The molecule has 1 aromatic carbocycles. The lowest BCUT2D eigenvalue weighted by atomic mass is 10.1. The van der Waals surface area contributed by atoms with Gasteiger partial charge in [-0.25, -0.2) is 9.37 Å². The average Bonchev–Trinajstić information content (AvgIpc) is 2.91. The first-order valence-electron chi connectivity index (χ1n) is 7.45. The zero-order valence-corrected chi connectivity index (χ0v) is 14.4. The first kappa shape index (κ1) is 17.0. The zero-order valence-electron chi connectivity index (χ0n) is 12.9. The summed E-state index contributed by atoms with van der Waals surface area (Å²) in [6.45, 7) is 1.70. The van der Waals surface area contributed by atoms with Crippen molar-refractivity contribution in [3.8, 4) is 5.75 Å². The van der Waals surface area contributed by atoms with Crippen molar-refractivity contribution < 1.29 is 13.9 Å². The molecule has 0 aliphatic carbocycles. The van der Waals surface area contributed by atoms with Crippen molar-refractivity contribution in [2.24, 2.45) is 0 Å². The van der Waals surface area contributed by atoms with E-state index in [4.69, 9.17) is 27.9 Å². The van der Waals surface area contributed by atoms with Crippen molar-refractivity contribution in [2.75, 3.05) is 13.3 Å². The van der Waals surface area contributed by atoms with Crippen molar-refractivity contribution in [1.82, 2.24) is 9.88 Å². The Morgan fingerprint density at radius 3 is 2.83 bits per heavy atom. The van der Waals surface area contributed by atoms with Crippen LogP contribution in [0.25, 0.3) is 0 Å². The number of nitrogens with zero attached hydrogens (tertiary/aromatic N) is 2. The minimum Gasteiger partial charge on any atom is -0.489 e. The Kier molecular flexibility index (Phi) is 4.92. The Morgan fingerprint density at radius 2 is 2.17 bits per heavy atom. The molecule has 0 spiro atoms. The predicted molar refractivity (Wildman–Crippen MR) is 90.5 cm³/mol. The molecule has 1 aromatic heterocycles. The molecule has 0 bridgehead atoms. The summed E-state index contributed by atoms with van der Waals surface area (Å²) in [7, 11) is 0. The highest BCUT2D eigenvalue weighted by Crippen LogP contribution is 2.35. The molecule has 1 unspecified atom stereocenters. The summed E-state index contributed by atoms with van der Waals surface area (Å²) in [5.74, 6) is 0.337. The van der Waals surface area contributed by atoms with Crippen LogP contribution in [-0.2, 0) is 6.54 Å². The second kappa shape index (κ2) is 6.95. The first-order chi connectivity index (χ1) is 11.5. The number of benzene rings is 1. The minimum absolute atomic E-state index is 0.0416. The van der Waals surface area contributed by atoms with E-state index in [0.717, 1.165) is 11.1 Å². The van der Waals surface area contributed by atoms with E-state index in [0.29, 0.717) is 28.0 Å². The molecule has 0 saturated carbocycles. The van der Waals surface area contributed by atoms with Gasteiger partial charge in [0.2, 0.25) is 0 Å². The quantitative estimate of drug-likeness (QED) is 0.732. The number of pyridine rings is 1. The topological polar surface area (TPSA) is 42.4 Å². The van der Waals surface area contributed by atoms with E-state index < -0.39 is 6.67 Å². The van der Waals surface area contributed by atoms with Crippen LogP contribution in [-0.4, -0.2) is 29.1 Å². The lowest BCUT2D eigenvalue weighted by Crippen LogP contribution is -2.27. The molecule has 1 aliphatic heterocycles. The Bertz CT molecular complexity index is 785. The van der Waals surface area contributed by atoms with Crippen LogP contribution in [0.2, 0.25) is 10.2 Å². The molecule has 126 valence electrons. The molecular weight excluding hydrogens is 354 g/mol. The van der Waals surface area contributed by atoms with Gasteiger partial charge < -0.3 is 9.64 Å². The van der Waals surface area contributed by atoms with E-state index in [2.05, 4.69) is 4.98 Å². The fraction of sp³-hybridized carbons (Fsp3) is 0.294. The standard InChI is InChI=1S/C17H15Cl2FN2O2/c1-10(11-2-3-15(14(18)8-11)24-7-5-20)22-9-13-12(17(22)23)4-6-21-16(13)19/h2-4,6,8,10H,5,7,9H2,1H3. The van der Waals surface area contributed by atoms with Crippen LogP contribution in [0, 0.1) is 0 Å². The van der Waals surface area contributed by atoms with E-state index >= 15 is 0 Å². The van der Waals surface area contributed by atoms with E-state index in [1.807, 2.05) is 13.0 Å². The number of hydrogen-bond donors (Lipinski definition) is 0. The van der Waals surface area contributed by atoms with E-state index in [9.17, 15) is 9.18 Å². The monoisotopic (exact) mass is 368 g/mol. The van der Waals surface area contributed by atoms with Crippen molar-refractivity contribution in [3.05, 3.63) is 57.3 Å². The molecule has 0 fully saturated rings. The molecule has 2 heterocycles. The van der Waals surface area contributed by atoms with Gasteiger partial charge in [-0.1, -0.05) is 29.3 Å². The van der Waals surface area contributed by atoms with Crippen molar-refractivity contribution in [3.63, 3.8) is 0 Å². The summed E-state index contributed by atoms with van der Waals surface area (Å²) in [6.07, 6.45) is 1.53. The SMILES string of the molecule is CC(c1ccc(OCCF)c(Cl)c1)N1Cc2c(ccnc2Cl)C1=O. The summed E-state index contributed by atoms with van der Waals surface area (Å²) in [5, 5.41) is 0.736. The summed E-state index contributed by atoms with van der Waals surface area (Å²) >= 11 is 12.3. The maximum Gasteiger partial charge on any atom is 0.255 e. The van der Waals surface area contributed by atoms with Gasteiger partial charge in [0.15, 0.2) is 0 Å². The number of halogens is 3. The van der Waals surface area contributed by atoms with Crippen LogP contribution < -0.4 is 4.74 Å². The summed E-state index contributed by atoms with van der Waals surface area (Å²) < 4.78 is 17.4. The molecule has 2 aromatic rings. The van der Waals surface area contributed by atoms with E-state index in [1.54, 1.807) is 23.1 Å². The molecule has 4 nitrogen and oxygen atoms in total. The molecule has 24 heavy (non-hydrogen) atoms. The van der Waals surface area contributed by atoms with Crippen LogP contribution in [0.5, 0.6) is 5.75 Å². The molecule has 1 aliphatic rings. The second-order valence-corrected chi connectivity index (χ2v) is 6.23. The van der Waals surface area contributed by atoms with Gasteiger partial charge in [0, 0.05) is 17.3 Å². The first-order valence-corrected chi connectivity index (χ1v) is 8.21. The highest BCUT2D eigenvalue weighted by atomic mass is 35.5. The predicted octanol–water partition coefficient (Wildman–Crippen LogP) is 4.45. The summed E-state index contributed by atoms with van der Waals surface area (Å²) in [4.78, 5) is 18.3. The molecule has 0 saturated heterocycles. The Balaban J connectivity index is 1.83. The number of fused-ring (bicyclic) bond motifs is 1. The maximum absolute atomic E-state index is 12.6. The number of aromatic nitrogens is 1. The number of ether oxygens (including phenoxy) is 1. The van der Waals surface area contributed by atoms with Crippen LogP contribution in [0.3, 0.4) is 0 Å². The fourth-order valence-corrected chi connectivity index (χ4v) is 3.21. The number of alkyl halides is 1. The van der Waals surface area contributed by atoms with Crippen molar-refractivity contribution >= 4 is 29.1 Å². The van der Waals surface area contributed by atoms with E-state index in [-0.39, 0.29) is 18.6 Å². The van der Waals surface area contributed by atoms with Gasteiger partial charge in [0.1, 0.15) is 24.2 Å². The van der Waals surface area contributed by atoms with Crippen molar-refractivity contribution in [1.29, 1.82) is 0 Å². The molecule has 1 atom stereocenters. The molecular formula is C17H15Cl2FN2O2. The lowest BCUT2D eigenvalue weighted by molar-refractivity contribution is 0.0716. The highest BCUT2D eigenvalue weighted by molar-refractivity contribution is 6.32. The van der Waals surface area contributed by atoms with Gasteiger partial charge in [0.05, 0.1) is 17.6 Å². The zero-order chi connectivity index (χ0) is 17.3. The Hall–Kier alpha value is -1.85. The highest BCUT2D eigenvalue weighted by Gasteiger charge is 2.33. The minimum atomic E-state index is -0.580. The molecule has 0 radical (unpaired) electrons. The molecule has 0 N–H and O–H groups in total. The third-order valence-corrected chi connectivity index (χ3v) is 4.68. The van der Waals surface area contributed by atoms with Gasteiger partial charge >= 0.3 is 0 Å². The Morgan fingerprint density at radius 1 is 1.38 bits per heavy atom. The van der Waals surface area contributed by atoms with Gasteiger partial charge in [-0.2, -0.15) is 0 Å². The number of hydrogen-bond acceptors (Lipinski definition) is 3. The van der Waals surface area contributed by atoms with Crippen LogP contribution >= 0.6 is 23.2 Å². The Labute approximate surface area is 149 Å². The third kappa shape index (κ3) is 3.06. The maximum atomic E-state index is 12.6. The van der Waals surface area contributed by atoms with Gasteiger partial charge in [-0.3, -0.25) is 4.79 Å². The number of amides is 1. The number of rotatable bonds is 5. The number of carbonyl (C=O) groups excluding carboxylic acids is 1. The van der Waals surface area contributed by atoms with Gasteiger partial charge in [-0.15, -0.1) is 0 Å². The normalized spacial score (nSPS) is 14.7. The van der Waals surface area contributed by atoms with Gasteiger partial charge in [-0.05, 0) is 30.7 Å². The van der Waals surface area contributed by atoms with Crippen LogP contribution in [0.15, 0.2) is 30.5 Å². The fourth-order valence-electron chi connectivity index (χ4n) is 2.75. The largest absolute Gasteiger partial charge is 0.489 e. The smallest absolute Gasteiger partial charge is 0.255 e. The van der Waals surface area contributed by atoms with Gasteiger partial charge in [0.25, 0.3) is 5.91 Å². The third-order valence-electron chi connectivity index (χ3n) is 4.06. The lowest BCUT2D eigenvalue weighted by Gasteiger charge is -2.25. The van der Waals surface area contributed by atoms with E-state index in [1.165, 1.54) is 6.20 Å². The summed E-state index contributed by atoms with van der Waals surface area (Å²) in [5.41, 5.74) is 2.18. The summed E-state index contributed by atoms with van der Waals surface area (Å²) in [6, 6.07) is 6.72. The van der Waals surface area contributed by atoms with Crippen LogP contribution in [0.4, 0.5) is 4.39 Å². The average molecular weight is 369 g/mol.